The van der Waals surface area contributed by atoms with Gasteiger partial charge in [-0.05, 0) is 12.8 Å². The Bertz CT molecular complexity index is 256. The first-order chi connectivity index (χ1) is 9.11. The third kappa shape index (κ3) is 10.9. The first-order valence-electron chi connectivity index (χ1n) is 7.12. The van der Waals surface area contributed by atoms with Gasteiger partial charge < -0.3 is 9.47 Å². The molecule has 19 heavy (non-hydrogen) atoms. The van der Waals surface area contributed by atoms with Crippen LogP contribution in [0.3, 0.4) is 0 Å². The molecule has 0 saturated carbocycles. The third-order valence-corrected chi connectivity index (χ3v) is 3.03. The number of thiol groups is 1. The van der Waals surface area contributed by atoms with Crippen molar-refractivity contribution in [3.63, 3.8) is 0 Å². The number of carbonyl (C=O) groups excluding carboxylic acids is 2. The number of rotatable bonds is 11. The Kier molecular flexibility index (Phi) is 11.9. The summed E-state index contributed by atoms with van der Waals surface area (Å²) >= 11 is 4.08. The van der Waals surface area contributed by atoms with Gasteiger partial charge in [0.25, 0.3) is 0 Å². The summed E-state index contributed by atoms with van der Waals surface area (Å²) in [7, 11) is 0. The minimum Gasteiger partial charge on any atom is -0.466 e. The molecule has 0 amide bonds. The van der Waals surface area contributed by atoms with E-state index < -0.39 is 11.2 Å². The van der Waals surface area contributed by atoms with Gasteiger partial charge in [-0.25, -0.2) is 0 Å². The van der Waals surface area contributed by atoms with Crippen LogP contribution in [0.4, 0.5) is 0 Å². The summed E-state index contributed by atoms with van der Waals surface area (Å²) < 4.78 is 10.0. The first kappa shape index (κ1) is 18.3. The fourth-order valence-corrected chi connectivity index (χ4v) is 1.68. The highest BCUT2D eigenvalue weighted by Crippen LogP contribution is 2.07. The Balaban J connectivity index is 3.66. The molecule has 0 heterocycles. The van der Waals surface area contributed by atoms with Crippen molar-refractivity contribution in [2.45, 2.75) is 64.0 Å². The molecule has 0 spiro atoms. The number of esters is 2. The zero-order valence-corrected chi connectivity index (χ0v) is 12.9. The predicted molar refractivity (Wildman–Crippen MR) is 78.4 cm³/mol. The second kappa shape index (κ2) is 12.3. The quantitative estimate of drug-likeness (QED) is 0.361. The lowest BCUT2D eigenvalue weighted by Crippen LogP contribution is -2.23. The monoisotopic (exact) mass is 290 g/mol. The van der Waals surface area contributed by atoms with Crippen LogP contribution < -0.4 is 0 Å². The van der Waals surface area contributed by atoms with Crippen LogP contribution in [0.1, 0.15) is 58.8 Å². The number of hydrogen-bond acceptors (Lipinski definition) is 5. The second-order valence-electron chi connectivity index (χ2n) is 4.52. The third-order valence-electron chi connectivity index (χ3n) is 2.64. The molecule has 0 aliphatic heterocycles. The molecule has 4 nitrogen and oxygen atoms in total. The van der Waals surface area contributed by atoms with Crippen molar-refractivity contribution in [3.05, 3.63) is 0 Å². The average Bonchev–Trinajstić information content (AvgIpc) is 2.39. The van der Waals surface area contributed by atoms with E-state index in [2.05, 4.69) is 26.5 Å². The van der Waals surface area contributed by atoms with Gasteiger partial charge in [0.15, 0.2) is 0 Å². The zero-order valence-electron chi connectivity index (χ0n) is 12.0. The maximum Gasteiger partial charge on any atom is 0.319 e. The minimum atomic E-state index is -0.722. The van der Waals surface area contributed by atoms with Gasteiger partial charge in [-0.15, -0.1) is 0 Å². The Morgan fingerprint density at radius 3 is 2.00 bits per heavy atom. The molecule has 0 aliphatic rings. The Labute approximate surface area is 121 Å². The normalized spacial score (nSPS) is 11.9. The summed E-state index contributed by atoms with van der Waals surface area (Å²) in [4.78, 5) is 22.9. The molecule has 0 N–H and O–H groups in total. The smallest absolute Gasteiger partial charge is 0.319 e. The van der Waals surface area contributed by atoms with Gasteiger partial charge in [0.1, 0.15) is 5.25 Å². The van der Waals surface area contributed by atoms with Gasteiger partial charge in [0, 0.05) is 0 Å². The molecule has 0 aromatic rings. The molecule has 0 rings (SSSR count). The average molecular weight is 290 g/mol. The van der Waals surface area contributed by atoms with Crippen LogP contribution in [0, 0.1) is 0 Å². The largest absolute Gasteiger partial charge is 0.466 e. The molecule has 1 atom stereocenters. The van der Waals surface area contributed by atoms with Crippen LogP contribution in [-0.2, 0) is 19.1 Å². The zero-order chi connectivity index (χ0) is 14.5. The number of carbonyl (C=O) groups is 2. The van der Waals surface area contributed by atoms with E-state index in [0.29, 0.717) is 13.2 Å². The van der Waals surface area contributed by atoms with E-state index in [1.54, 1.807) is 0 Å². The van der Waals surface area contributed by atoms with Crippen molar-refractivity contribution in [3.8, 4) is 0 Å². The van der Waals surface area contributed by atoms with E-state index in [1.807, 2.05) is 0 Å². The summed E-state index contributed by atoms with van der Waals surface area (Å²) in [6.07, 6.45) is 5.91. The maximum absolute atomic E-state index is 11.5. The number of ether oxygens (including phenoxy) is 2. The van der Waals surface area contributed by atoms with Crippen molar-refractivity contribution in [1.29, 1.82) is 0 Å². The molecular weight excluding hydrogens is 264 g/mol. The molecule has 1 unspecified atom stereocenters. The van der Waals surface area contributed by atoms with Gasteiger partial charge in [-0.2, -0.15) is 12.6 Å². The van der Waals surface area contributed by atoms with Crippen molar-refractivity contribution < 1.29 is 19.1 Å². The molecule has 0 aromatic carbocycles. The fraction of sp³-hybridized carbons (Fsp3) is 0.857. The Morgan fingerprint density at radius 2 is 1.47 bits per heavy atom. The highest BCUT2D eigenvalue weighted by atomic mass is 32.1. The van der Waals surface area contributed by atoms with Gasteiger partial charge >= 0.3 is 11.9 Å². The predicted octanol–water partition coefficient (Wildman–Crippen LogP) is 3.14. The van der Waals surface area contributed by atoms with E-state index in [-0.39, 0.29) is 12.4 Å². The fourth-order valence-electron chi connectivity index (χ4n) is 1.46. The Morgan fingerprint density at radius 1 is 0.947 bits per heavy atom. The maximum atomic E-state index is 11.5. The lowest BCUT2D eigenvalue weighted by Gasteiger charge is -2.10. The molecule has 5 heteroatoms. The summed E-state index contributed by atoms with van der Waals surface area (Å²) in [5.74, 6) is -0.827. The van der Waals surface area contributed by atoms with E-state index >= 15 is 0 Å². The Hall–Kier alpha value is -0.710. The van der Waals surface area contributed by atoms with Gasteiger partial charge in [-0.3, -0.25) is 9.59 Å². The molecule has 112 valence electrons. The summed E-state index contributed by atoms with van der Waals surface area (Å²) in [5.41, 5.74) is 0. The van der Waals surface area contributed by atoms with Crippen LogP contribution in [-0.4, -0.2) is 30.4 Å². The van der Waals surface area contributed by atoms with E-state index in [9.17, 15) is 9.59 Å². The molecule has 0 radical (unpaired) electrons. The summed E-state index contributed by atoms with van der Waals surface area (Å²) in [5, 5.41) is -0.722. The first-order valence-corrected chi connectivity index (χ1v) is 7.63. The number of unbranched alkanes of at least 4 members (excludes halogenated alkanes) is 4. The van der Waals surface area contributed by atoms with Crippen molar-refractivity contribution in [2.75, 3.05) is 13.2 Å². The molecule has 0 saturated heterocycles. The summed E-state index contributed by atoms with van der Waals surface area (Å²) in [6.45, 7) is 4.98. The second-order valence-corrected chi connectivity index (χ2v) is 5.15. The van der Waals surface area contributed by atoms with Crippen LogP contribution in [0.25, 0.3) is 0 Å². The van der Waals surface area contributed by atoms with Crippen LogP contribution in [0.15, 0.2) is 0 Å². The van der Waals surface area contributed by atoms with E-state index in [4.69, 9.17) is 9.47 Å². The van der Waals surface area contributed by atoms with E-state index in [0.717, 1.165) is 38.5 Å². The standard InChI is InChI=1S/C14H26O4S/c1-3-5-7-9-17-13(15)11-12(19)14(16)18-10-8-6-4-2/h12,19H,3-11H2,1-2H3. The topological polar surface area (TPSA) is 52.6 Å². The molecule has 0 aromatic heterocycles. The van der Waals surface area contributed by atoms with Crippen molar-refractivity contribution in [1.82, 2.24) is 0 Å². The van der Waals surface area contributed by atoms with Gasteiger partial charge in [0.05, 0.1) is 19.6 Å². The highest BCUT2D eigenvalue weighted by molar-refractivity contribution is 7.81. The van der Waals surface area contributed by atoms with Crippen LogP contribution in [0.5, 0.6) is 0 Å². The van der Waals surface area contributed by atoms with Crippen LogP contribution in [0.2, 0.25) is 0 Å². The SMILES string of the molecule is CCCCCOC(=O)CC(S)C(=O)OCCCCC. The van der Waals surface area contributed by atoms with Crippen LogP contribution >= 0.6 is 12.6 Å². The van der Waals surface area contributed by atoms with E-state index in [1.165, 1.54) is 0 Å². The molecule has 0 bridgehead atoms. The van der Waals surface area contributed by atoms with Crippen molar-refractivity contribution >= 4 is 24.6 Å². The lowest BCUT2D eigenvalue weighted by molar-refractivity contribution is -0.149. The molecular formula is C14H26O4S. The van der Waals surface area contributed by atoms with Gasteiger partial charge in [0.2, 0.25) is 0 Å². The highest BCUT2D eigenvalue weighted by Gasteiger charge is 2.20. The number of hydrogen-bond donors (Lipinski definition) is 1. The molecule has 0 fully saturated rings. The van der Waals surface area contributed by atoms with Crippen molar-refractivity contribution in [2.24, 2.45) is 0 Å². The molecule has 0 aliphatic carbocycles. The minimum absolute atomic E-state index is 0.0259. The van der Waals surface area contributed by atoms with Gasteiger partial charge in [-0.1, -0.05) is 39.5 Å². The lowest BCUT2D eigenvalue weighted by atomic mass is 10.2. The summed E-state index contributed by atoms with van der Waals surface area (Å²) in [6, 6.07) is 0.